The van der Waals surface area contributed by atoms with E-state index in [9.17, 15) is 19.8 Å². The number of nitrogens with zero attached hydrogens (tertiary/aromatic N) is 1. The summed E-state index contributed by atoms with van der Waals surface area (Å²) < 4.78 is 16.5. The molecule has 0 bridgehead atoms. The summed E-state index contributed by atoms with van der Waals surface area (Å²) in [5, 5.41) is 22.0. The van der Waals surface area contributed by atoms with E-state index in [0.717, 1.165) is 0 Å². The first-order valence-corrected chi connectivity index (χ1v) is 12.0. The van der Waals surface area contributed by atoms with Gasteiger partial charge in [-0.3, -0.25) is 14.5 Å². The molecule has 1 amide bonds. The van der Waals surface area contributed by atoms with Gasteiger partial charge in [-0.05, 0) is 61.9 Å². The number of aliphatic hydroxyl groups is 1. The minimum absolute atomic E-state index is 0.0996. The first-order valence-electron chi connectivity index (χ1n) is 11.6. The molecule has 37 heavy (non-hydrogen) atoms. The number of phenolic OH excluding ortho intramolecular Hbond substituents is 1. The predicted molar refractivity (Wildman–Crippen MR) is 140 cm³/mol. The molecule has 192 valence electrons. The van der Waals surface area contributed by atoms with Gasteiger partial charge in [0.15, 0.2) is 11.5 Å². The molecule has 3 aromatic rings. The summed E-state index contributed by atoms with van der Waals surface area (Å²) >= 11 is 6.18. The number of carbonyl (C=O) groups is 2. The molecule has 1 heterocycles. The third-order valence-electron chi connectivity index (χ3n) is 5.87. The smallest absolute Gasteiger partial charge is 0.300 e. The molecule has 0 spiro atoms. The van der Waals surface area contributed by atoms with Crippen LogP contribution in [-0.4, -0.2) is 42.2 Å². The maximum absolute atomic E-state index is 13.5. The quantitative estimate of drug-likeness (QED) is 0.229. The molecule has 0 aromatic heterocycles. The molecule has 3 aromatic carbocycles. The summed E-state index contributed by atoms with van der Waals surface area (Å²) in [4.78, 5) is 28.2. The molecule has 1 aliphatic heterocycles. The van der Waals surface area contributed by atoms with Crippen LogP contribution in [0, 0.1) is 0 Å². The first-order chi connectivity index (χ1) is 17.8. The molecule has 0 radical (unpaired) electrons. The van der Waals surface area contributed by atoms with E-state index in [-0.39, 0.29) is 35.0 Å². The molecule has 1 saturated heterocycles. The van der Waals surface area contributed by atoms with Crippen LogP contribution in [-0.2, 0) is 9.59 Å². The average Bonchev–Trinajstić information content (AvgIpc) is 3.15. The minimum atomic E-state index is -1.06. The average molecular weight is 524 g/mol. The van der Waals surface area contributed by atoms with E-state index in [4.69, 9.17) is 25.8 Å². The van der Waals surface area contributed by atoms with Crippen LogP contribution in [0.15, 0.2) is 66.2 Å². The fraction of sp³-hybridized carbons (Fsp3) is 0.214. The molecule has 0 saturated carbocycles. The van der Waals surface area contributed by atoms with Crippen molar-refractivity contribution in [3.8, 4) is 23.0 Å². The van der Waals surface area contributed by atoms with E-state index < -0.39 is 23.5 Å². The third kappa shape index (κ3) is 4.93. The van der Waals surface area contributed by atoms with Crippen molar-refractivity contribution in [1.29, 1.82) is 0 Å². The van der Waals surface area contributed by atoms with Gasteiger partial charge in [-0.25, -0.2) is 0 Å². The Hall–Kier alpha value is -4.17. The van der Waals surface area contributed by atoms with Gasteiger partial charge in [-0.2, -0.15) is 0 Å². The van der Waals surface area contributed by atoms with E-state index in [0.29, 0.717) is 28.6 Å². The third-order valence-corrected chi connectivity index (χ3v) is 6.10. The van der Waals surface area contributed by atoms with Crippen LogP contribution in [0.25, 0.3) is 5.76 Å². The Bertz CT molecular complexity index is 1380. The Morgan fingerprint density at radius 2 is 1.73 bits per heavy atom. The highest BCUT2D eigenvalue weighted by Crippen LogP contribution is 2.45. The maximum Gasteiger partial charge on any atom is 0.300 e. The molecular formula is C28H26ClNO7. The summed E-state index contributed by atoms with van der Waals surface area (Å²) in [6.45, 7) is 4.30. The van der Waals surface area contributed by atoms with Gasteiger partial charge in [0.05, 0.1) is 37.5 Å². The predicted octanol–water partition coefficient (Wildman–Crippen LogP) is 5.48. The van der Waals surface area contributed by atoms with E-state index in [2.05, 4.69) is 0 Å². The van der Waals surface area contributed by atoms with Gasteiger partial charge in [-0.15, -0.1) is 0 Å². The number of benzene rings is 3. The molecule has 2 N–H and O–H groups in total. The molecule has 0 aliphatic carbocycles. The number of rotatable bonds is 8. The van der Waals surface area contributed by atoms with Crippen molar-refractivity contribution >= 4 is 34.7 Å². The minimum Gasteiger partial charge on any atom is -0.507 e. The van der Waals surface area contributed by atoms with Crippen molar-refractivity contribution in [1.82, 2.24) is 0 Å². The molecule has 9 heteroatoms. The normalized spacial score (nSPS) is 16.6. The number of ketones is 1. The van der Waals surface area contributed by atoms with E-state index in [1.54, 1.807) is 49.4 Å². The van der Waals surface area contributed by atoms with Crippen LogP contribution >= 0.6 is 11.6 Å². The van der Waals surface area contributed by atoms with Crippen molar-refractivity contribution < 1.29 is 34.0 Å². The van der Waals surface area contributed by atoms with Crippen LogP contribution in [0.4, 0.5) is 5.69 Å². The van der Waals surface area contributed by atoms with E-state index >= 15 is 0 Å². The molecule has 1 fully saturated rings. The number of halogens is 1. The lowest BCUT2D eigenvalue weighted by Gasteiger charge is -2.26. The summed E-state index contributed by atoms with van der Waals surface area (Å²) in [5.74, 6) is -1.32. The number of methoxy groups -OCH3 is 1. The summed E-state index contributed by atoms with van der Waals surface area (Å²) in [6.07, 6.45) is 0. The standard InChI is InChI=1S/C28H26ClNO7/c1-4-36-19-8-6-7-18(15-19)30-25(16-9-11-21(31)23(13-16)37-5-2)24(27(33)28(30)34)26(32)20-14-17(29)10-12-22(20)35-3/h6-15,25,31-32H,4-5H2,1-3H3/b26-24+. The van der Waals surface area contributed by atoms with Crippen LogP contribution < -0.4 is 19.1 Å². The lowest BCUT2D eigenvalue weighted by atomic mass is 9.94. The lowest BCUT2D eigenvalue weighted by molar-refractivity contribution is -0.132. The zero-order valence-corrected chi connectivity index (χ0v) is 21.3. The number of aliphatic hydroxyl groups excluding tert-OH is 1. The summed E-state index contributed by atoms with van der Waals surface area (Å²) in [5.41, 5.74) is 0.816. The topological polar surface area (TPSA) is 106 Å². The Balaban J connectivity index is 1.99. The fourth-order valence-electron chi connectivity index (χ4n) is 4.29. The van der Waals surface area contributed by atoms with Crippen molar-refractivity contribution in [3.63, 3.8) is 0 Å². The molecule has 1 aliphatic rings. The number of anilines is 1. The van der Waals surface area contributed by atoms with Crippen molar-refractivity contribution in [2.45, 2.75) is 19.9 Å². The fourth-order valence-corrected chi connectivity index (χ4v) is 4.46. The van der Waals surface area contributed by atoms with Crippen molar-refractivity contribution in [3.05, 3.63) is 82.4 Å². The number of phenols is 1. The van der Waals surface area contributed by atoms with Gasteiger partial charge >= 0.3 is 0 Å². The van der Waals surface area contributed by atoms with Gasteiger partial charge in [0.2, 0.25) is 0 Å². The largest absolute Gasteiger partial charge is 0.507 e. The highest BCUT2D eigenvalue weighted by molar-refractivity contribution is 6.51. The van der Waals surface area contributed by atoms with E-state index in [1.807, 2.05) is 6.92 Å². The number of carbonyl (C=O) groups excluding carboxylic acids is 2. The second kappa shape index (κ2) is 10.8. The second-order valence-corrected chi connectivity index (χ2v) is 8.54. The number of hydrogen-bond donors (Lipinski definition) is 2. The van der Waals surface area contributed by atoms with Crippen molar-refractivity contribution in [2.75, 3.05) is 25.2 Å². The SMILES string of the molecule is CCOc1cccc(N2C(=O)C(=O)/C(=C(/O)c3cc(Cl)ccc3OC)C2c2ccc(O)c(OCC)c2)c1. The van der Waals surface area contributed by atoms with Gasteiger partial charge in [0.25, 0.3) is 11.7 Å². The lowest BCUT2D eigenvalue weighted by Crippen LogP contribution is -2.29. The Morgan fingerprint density at radius 3 is 2.43 bits per heavy atom. The highest BCUT2D eigenvalue weighted by Gasteiger charge is 2.47. The number of ether oxygens (including phenoxy) is 3. The zero-order chi connectivity index (χ0) is 26.7. The van der Waals surface area contributed by atoms with Crippen LogP contribution in [0.5, 0.6) is 23.0 Å². The number of aromatic hydroxyl groups is 1. The van der Waals surface area contributed by atoms with E-state index in [1.165, 1.54) is 30.2 Å². The molecule has 1 unspecified atom stereocenters. The monoisotopic (exact) mass is 523 g/mol. The first kappa shape index (κ1) is 25.9. The molecular weight excluding hydrogens is 498 g/mol. The Morgan fingerprint density at radius 1 is 0.973 bits per heavy atom. The van der Waals surface area contributed by atoms with Gasteiger partial charge in [0.1, 0.15) is 17.3 Å². The Labute approximate surface area is 219 Å². The zero-order valence-electron chi connectivity index (χ0n) is 20.5. The maximum atomic E-state index is 13.5. The van der Waals surface area contributed by atoms with Crippen LogP contribution in [0.2, 0.25) is 5.02 Å². The Kier molecular flexibility index (Phi) is 7.59. The molecule has 8 nitrogen and oxygen atoms in total. The van der Waals surface area contributed by atoms with Crippen LogP contribution in [0.1, 0.15) is 31.0 Å². The number of hydrogen-bond acceptors (Lipinski definition) is 7. The van der Waals surface area contributed by atoms with Gasteiger partial charge in [0, 0.05) is 16.8 Å². The summed E-state index contributed by atoms with van der Waals surface area (Å²) in [6, 6.07) is 14.8. The molecule has 1 atom stereocenters. The number of amides is 1. The van der Waals surface area contributed by atoms with Crippen LogP contribution in [0.3, 0.4) is 0 Å². The van der Waals surface area contributed by atoms with Gasteiger partial charge in [-0.1, -0.05) is 23.7 Å². The molecule has 4 rings (SSSR count). The summed E-state index contributed by atoms with van der Waals surface area (Å²) in [7, 11) is 1.42. The second-order valence-electron chi connectivity index (χ2n) is 8.10. The number of Topliss-reactive ketones (excluding diaryl/α,β-unsaturated/α-hetero) is 1. The van der Waals surface area contributed by atoms with Crippen molar-refractivity contribution in [2.24, 2.45) is 0 Å². The highest BCUT2D eigenvalue weighted by atomic mass is 35.5. The van der Waals surface area contributed by atoms with Gasteiger partial charge < -0.3 is 24.4 Å².